The average Bonchev–Trinajstić information content (AvgIpc) is 2.17. The summed E-state index contributed by atoms with van der Waals surface area (Å²) in [4.78, 5) is 3.36. The molecule has 13 heavy (non-hydrogen) atoms. The Morgan fingerprint density at radius 2 is 2.15 bits per heavy atom. The molecule has 0 aliphatic carbocycles. The van der Waals surface area contributed by atoms with Gasteiger partial charge < -0.3 is 10.2 Å². The molecule has 0 radical (unpaired) electrons. The Hall–Kier alpha value is -0.520. The molecule has 2 N–H and O–H groups in total. The number of aliphatic hydroxyl groups excluding tert-OH is 2. The average molecular weight is 250 g/mol. The van der Waals surface area contributed by atoms with Crippen LogP contribution < -0.4 is 0 Å². The van der Waals surface area contributed by atoms with Crippen molar-refractivity contribution in [1.82, 2.24) is 4.98 Å². The molecule has 0 saturated heterocycles. The Labute approximate surface area is 83.4 Å². The fourth-order valence-electron chi connectivity index (χ4n) is 0.869. The van der Waals surface area contributed by atoms with E-state index in [1.807, 2.05) is 0 Å². The van der Waals surface area contributed by atoms with E-state index in [0.717, 1.165) is 6.07 Å². The molecule has 0 amide bonds. The number of pyridine rings is 1. The van der Waals surface area contributed by atoms with Gasteiger partial charge >= 0.3 is 0 Å². The first-order valence-electron chi connectivity index (χ1n) is 3.68. The molecule has 1 aromatic rings. The molecular weight excluding hydrogens is 241 g/mol. The van der Waals surface area contributed by atoms with Gasteiger partial charge in [-0.3, -0.25) is 0 Å². The Morgan fingerprint density at radius 3 is 2.62 bits per heavy atom. The summed E-state index contributed by atoms with van der Waals surface area (Å²) in [7, 11) is 0. The Bertz CT molecular complexity index is 267. The molecule has 3 nitrogen and oxygen atoms in total. The van der Waals surface area contributed by atoms with Crippen LogP contribution in [0.4, 0.5) is 4.39 Å². The fraction of sp³-hybridized carbons (Fsp3) is 0.375. The molecule has 2 unspecified atom stereocenters. The van der Waals surface area contributed by atoms with Crippen molar-refractivity contribution < 1.29 is 14.6 Å². The van der Waals surface area contributed by atoms with Crippen LogP contribution >= 0.6 is 15.9 Å². The van der Waals surface area contributed by atoms with Crippen molar-refractivity contribution in [2.45, 2.75) is 12.2 Å². The van der Waals surface area contributed by atoms with E-state index < -0.39 is 18.2 Å². The highest BCUT2D eigenvalue weighted by molar-refractivity contribution is 9.09. The summed E-state index contributed by atoms with van der Waals surface area (Å²) < 4.78 is 12.4. The van der Waals surface area contributed by atoms with E-state index in [-0.39, 0.29) is 5.33 Å². The monoisotopic (exact) mass is 249 g/mol. The Balaban J connectivity index is 2.77. The maximum atomic E-state index is 12.4. The van der Waals surface area contributed by atoms with E-state index in [9.17, 15) is 14.6 Å². The third-order valence-corrected chi connectivity index (χ3v) is 2.28. The lowest BCUT2D eigenvalue weighted by Gasteiger charge is -2.14. The second-order valence-electron chi connectivity index (χ2n) is 2.58. The molecule has 1 aromatic heterocycles. The van der Waals surface area contributed by atoms with Crippen molar-refractivity contribution in [2.24, 2.45) is 0 Å². The number of rotatable bonds is 3. The minimum Gasteiger partial charge on any atom is -0.389 e. The molecule has 5 heteroatoms. The van der Waals surface area contributed by atoms with Crippen molar-refractivity contribution in [1.29, 1.82) is 0 Å². The molecule has 0 saturated carbocycles. The largest absolute Gasteiger partial charge is 0.389 e. The quantitative estimate of drug-likeness (QED) is 0.621. The summed E-state index contributed by atoms with van der Waals surface area (Å²) in [6, 6.07) is 2.53. The molecule has 1 rings (SSSR count). The van der Waals surface area contributed by atoms with Crippen LogP contribution in [-0.4, -0.2) is 26.6 Å². The van der Waals surface area contributed by atoms with E-state index in [0.29, 0.717) is 5.56 Å². The van der Waals surface area contributed by atoms with Crippen LogP contribution in [0, 0.1) is 5.95 Å². The minimum absolute atomic E-state index is 0.255. The highest BCUT2D eigenvalue weighted by Crippen LogP contribution is 2.16. The SMILES string of the molecule is OC(CBr)C(O)c1ccc(F)nc1. The van der Waals surface area contributed by atoms with E-state index in [1.54, 1.807) is 0 Å². The van der Waals surface area contributed by atoms with Gasteiger partial charge in [-0.05, 0) is 6.07 Å². The van der Waals surface area contributed by atoms with Crippen molar-refractivity contribution in [3.63, 3.8) is 0 Å². The lowest BCUT2D eigenvalue weighted by molar-refractivity contribution is 0.0340. The number of alkyl halides is 1. The van der Waals surface area contributed by atoms with E-state index in [2.05, 4.69) is 20.9 Å². The van der Waals surface area contributed by atoms with E-state index in [1.165, 1.54) is 12.3 Å². The minimum atomic E-state index is -1.03. The maximum Gasteiger partial charge on any atom is 0.212 e. The Kier molecular flexibility index (Phi) is 3.77. The molecule has 0 spiro atoms. The molecule has 0 aliphatic rings. The first-order chi connectivity index (χ1) is 6.15. The van der Waals surface area contributed by atoms with Crippen LogP contribution in [0.2, 0.25) is 0 Å². The molecular formula is C8H9BrFNO2. The third-order valence-electron chi connectivity index (χ3n) is 1.61. The first kappa shape index (κ1) is 10.6. The van der Waals surface area contributed by atoms with Crippen molar-refractivity contribution in [3.8, 4) is 0 Å². The summed E-state index contributed by atoms with van der Waals surface area (Å²) in [5.74, 6) is -0.607. The van der Waals surface area contributed by atoms with Gasteiger partial charge in [0.1, 0.15) is 6.10 Å². The summed E-state index contributed by atoms with van der Waals surface area (Å²) in [5.41, 5.74) is 0.397. The number of hydrogen-bond donors (Lipinski definition) is 2. The van der Waals surface area contributed by atoms with Crippen LogP contribution in [0.3, 0.4) is 0 Å². The number of aliphatic hydroxyl groups is 2. The van der Waals surface area contributed by atoms with Crippen LogP contribution in [0.15, 0.2) is 18.3 Å². The summed E-state index contributed by atoms with van der Waals surface area (Å²) in [6.07, 6.45) is -0.744. The smallest absolute Gasteiger partial charge is 0.212 e. The van der Waals surface area contributed by atoms with E-state index in [4.69, 9.17) is 0 Å². The molecule has 2 atom stereocenters. The first-order valence-corrected chi connectivity index (χ1v) is 4.81. The van der Waals surface area contributed by atoms with Gasteiger partial charge in [0.25, 0.3) is 0 Å². The van der Waals surface area contributed by atoms with Gasteiger partial charge in [0, 0.05) is 17.1 Å². The van der Waals surface area contributed by atoms with Gasteiger partial charge in [-0.25, -0.2) is 4.98 Å². The molecule has 0 bridgehead atoms. The highest BCUT2D eigenvalue weighted by atomic mass is 79.9. The maximum absolute atomic E-state index is 12.4. The number of nitrogens with zero attached hydrogens (tertiary/aromatic N) is 1. The second kappa shape index (κ2) is 4.64. The van der Waals surface area contributed by atoms with Gasteiger partial charge in [-0.1, -0.05) is 22.0 Å². The summed E-state index contributed by atoms with van der Waals surface area (Å²) in [6.45, 7) is 0. The molecule has 0 fully saturated rings. The predicted octanol–water partition coefficient (Wildman–Crippen LogP) is 1.01. The van der Waals surface area contributed by atoms with Gasteiger partial charge in [0.2, 0.25) is 5.95 Å². The molecule has 0 aliphatic heterocycles. The normalized spacial score (nSPS) is 15.4. The summed E-state index contributed by atoms with van der Waals surface area (Å²) in [5, 5.41) is 18.9. The van der Waals surface area contributed by atoms with E-state index >= 15 is 0 Å². The third kappa shape index (κ3) is 2.72. The number of halogens is 2. The van der Waals surface area contributed by atoms with Crippen LogP contribution in [-0.2, 0) is 0 Å². The molecule has 72 valence electrons. The predicted molar refractivity (Wildman–Crippen MR) is 49.0 cm³/mol. The highest BCUT2D eigenvalue weighted by Gasteiger charge is 2.17. The number of aromatic nitrogens is 1. The van der Waals surface area contributed by atoms with Crippen LogP contribution in [0.25, 0.3) is 0 Å². The van der Waals surface area contributed by atoms with Crippen LogP contribution in [0.5, 0.6) is 0 Å². The lowest BCUT2D eigenvalue weighted by Crippen LogP contribution is -2.19. The number of hydrogen-bond acceptors (Lipinski definition) is 3. The summed E-state index contributed by atoms with van der Waals surface area (Å²) >= 11 is 3.02. The fourth-order valence-corrected chi connectivity index (χ4v) is 1.22. The van der Waals surface area contributed by atoms with Gasteiger partial charge in [-0.15, -0.1) is 0 Å². The topological polar surface area (TPSA) is 53.4 Å². The van der Waals surface area contributed by atoms with Crippen LogP contribution in [0.1, 0.15) is 11.7 Å². The zero-order valence-electron chi connectivity index (χ0n) is 6.69. The van der Waals surface area contributed by atoms with Gasteiger partial charge in [-0.2, -0.15) is 4.39 Å². The zero-order valence-corrected chi connectivity index (χ0v) is 8.28. The lowest BCUT2D eigenvalue weighted by atomic mass is 10.1. The van der Waals surface area contributed by atoms with Gasteiger partial charge in [0.05, 0.1) is 6.10 Å². The van der Waals surface area contributed by atoms with Crippen molar-refractivity contribution in [2.75, 3.05) is 5.33 Å². The standard InChI is InChI=1S/C8H9BrFNO2/c9-3-6(12)8(13)5-1-2-7(10)11-4-5/h1-2,4,6,8,12-13H,3H2. The molecule has 1 heterocycles. The van der Waals surface area contributed by atoms with Crippen molar-refractivity contribution in [3.05, 3.63) is 29.8 Å². The molecule has 0 aromatic carbocycles. The van der Waals surface area contributed by atoms with Crippen molar-refractivity contribution >= 4 is 15.9 Å². The van der Waals surface area contributed by atoms with Gasteiger partial charge in [0.15, 0.2) is 0 Å². The second-order valence-corrected chi connectivity index (χ2v) is 3.23. The Morgan fingerprint density at radius 1 is 1.46 bits per heavy atom. The zero-order chi connectivity index (χ0) is 9.84.